The number of benzene rings is 1. The molecule has 0 spiro atoms. The minimum atomic E-state index is -0.220. The summed E-state index contributed by atoms with van der Waals surface area (Å²) >= 11 is 9.28. The van der Waals surface area contributed by atoms with Gasteiger partial charge in [0, 0.05) is 5.02 Å². The summed E-state index contributed by atoms with van der Waals surface area (Å²) < 4.78 is 6.17. The van der Waals surface area contributed by atoms with Gasteiger partial charge in [-0.3, -0.25) is 4.79 Å². The molecule has 1 aromatic rings. The Morgan fingerprint density at radius 2 is 2.29 bits per heavy atom. The van der Waals surface area contributed by atoms with E-state index in [0.29, 0.717) is 27.5 Å². The zero-order chi connectivity index (χ0) is 12.8. The Bertz CT molecular complexity index is 446. The van der Waals surface area contributed by atoms with Crippen LogP contribution in [0.3, 0.4) is 0 Å². The Balaban J connectivity index is 3.07. The molecule has 0 unspecified atom stereocenters. The van der Waals surface area contributed by atoms with Gasteiger partial charge >= 0.3 is 0 Å². The second-order valence-corrected chi connectivity index (χ2v) is 4.48. The van der Waals surface area contributed by atoms with Crippen molar-refractivity contribution in [1.29, 1.82) is 0 Å². The summed E-state index contributed by atoms with van der Waals surface area (Å²) in [5.41, 5.74) is 0.550. The molecule has 1 aromatic carbocycles. The highest BCUT2D eigenvalue weighted by molar-refractivity contribution is 9.10. The summed E-state index contributed by atoms with van der Waals surface area (Å²) in [5.74, 6) is 0.359. The highest BCUT2D eigenvalue weighted by Crippen LogP contribution is 2.36. The van der Waals surface area contributed by atoms with E-state index in [-0.39, 0.29) is 5.91 Å². The first-order valence-corrected chi connectivity index (χ1v) is 6.31. The molecule has 0 atom stereocenters. The van der Waals surface area contributed by atoms with E-state index in [9.17, 15) is 4.79 Å². The zero-order valence-electron chi connectivity index (χ0n) is 9.59. The number of carbonyl (C=O) groups excluding carboxylic acids is 1. The van der Waals surface area contributed by atoms with Gasteiger partial charge in [0.25, 0.3) is 0 Å². The molecule has 17 heavy (non-hydrogen) atoms. The van der Waals surface area contributed by atoms with Crippen LogP contribution in [0, 0.1) is 0 Å². The van der Waals surface area contributed by atoms with E-state index in [1.807, 2.05) is 6.92 Å². The highest BCUT2D eigenvalue weighted by Gasteiger charge is 2.11. The van der Waals surface area contributed by atoms with Gasteiger partial charge in [-0.05, 0) is 48.0 Å². The van der Waals surface area contributed by atoms with Gasteiger partial charge < -0.3 is 10.1 Å². The van der Waals surface area contributed by atoms with Crippen molar-refractivity contribution < 1.29 is 9.53 Å². The lowest BCUT2D eigenvalue weighted by atomic mass is 10.3. The number of amides is 1. The van der Waals surface area contributed by atoms with Crippen LogP contribution in [-0.4, -0.2) is 12.5 Å². The molecule has 0 heterocycles. The van der Waals surface area contributed by atoms with Crippen molar-refractivity contribution >= 4 is 39.1 Å². The maximum atomic E-state index is 11.5. The summed E-state index contributed by atoms with van der Waals surface area (Å²) in [7, 11) is 0. The molecule has 1 amide bonds. The lowest BCUT2D eigenvalue weighted by Gasteiger charge is -2.12. The number of halogens is 2. The quantitative estimate of drug-likeness (QED) is 0.852. The van der Waals surface area contributed by atoms with Gasteiger partial charge in [0.15, 0.2) is 5.75 Å². The molecule has 0 aliphatic rings. The number of hydrogen-bond donors (Lipinski definition) is 1. The number of nitrogens with one attached hydrogen (secondary N) is 1. The molecule has 0 bridgehead atoms. The van der Waals surface area contributed by atoms with E-state index >= 15 is 0 Å². The summed E-state index contributed by atoms with van der Waals surface area (Å²) in [6, 6.07) is 3.37. The average molecular weight is 319 g/mol. The van der Waals surface area contributed by atoms with Gasteiger partial charge in [-0.1, -0.05) is 17.7 Å². The van der Waals surface area contributed by atoms with Crippen molar-refractivity contribution in [3.8, 4) is 5.75 Å². The number of ether oxygens (including phenoxy) is 1. The summed E-state index contributed by atoms with van der Waals surface area (Å²) in [6.45, 7) is 4.15. The van der Waals surface area contributed by atoms with Crippen molar-refractivity contribution in [3.05, 3.63) is 33.8 Å². The number of anilines is 1. The normalized spacial score (nSPS) is 10.6. The largest absolute Gasteiger partial charge is 0.491 e. The van der Waals surface area contributed by atoms with Crippen LogP contribution in [0.4, 0.5) is 5.69 Å². The molecule has 0 aromatic heterocycles. The standard InChI is InChI=1S/C12H13BrClNO2/c1-3-5-11(16)15-10-7-8(14)6-9(13)12(10)17-4-2/h3,5-7H,4H2,1-2H3,(H,15,16). The Hall–Kier alpha value is -1.00. The van der Waals surface area contributed by atoms with E-state index in [0.717, 1.165) is 0 Å². The molecule has 0 radical (unpaired) electrons. The molecule has 1 rings (SSSR count). The maximum Gasteiger partial charge on any atom is 0.248 e. The van der Waals surface area contributed by atoms with Crippen molar-refractivity contribution in [1.82, 2.24) is 0 Å². The number of carbonyl (C=O) groups is 1. The van der Waals surface area contributed by atoms with Gasteiger partial charge in [-0.25, -0.2) is 0 Å². The topological polar surface area (TPSA) is 38.3 Å². The van der Waals surface area contributed by atoms with Gasteiger partial charge in [-0.2, -0.15) is 0 Å². The fraction of sp³-hybridized carbons (Fsp3) is 0.250. The molecule has 3 nitrogen and oxygen atoms in total. The van der Waals surface area contributed by atoms with Gasteiger partial charge in [0.05, 0.1) is 16.8 Å². The Labute approximate surface area is 114 Å². The van der Waals surface area contributed by atoms with E-state index in [1.54, 1.807) is 25.1 Å². The highest BCUT2D eigenvalue weighted by atomic mass is 79.9. The molecule has 0 aliphatic heterocycles. The Morgan fingerprint density at radius 1 is 1.59 bits per heavy atom. The monoisotopic (exact) mass is 317 g/mol. The van der Waals surface area contributed by atoms with E-state index in [1.165, 1.54) is 6.08 Å². The summed E-state index contributed by atoms with van der Waals surface area (Å²) in [4.78, 5) is 11.5. The average Bonchev–Trinajstić information content (AvgIpc) is 2.23. The lowest BCUT2D eigenvalue weighted by molar-refractivity contribution is -0.111. The molecule has 92 valence electrons. The minimum Gasteiger partial charge on any atom is -0.491 e. The van der Waals surface area contributed by atoms with E-state index < -0.39 is 0 Å². The molecule has 0 saturated carbocycles. The van der Waals surface area contributed by atoms with Crippen LogP contribution in [0.25, 0.3) is 0 Å². The fourth-order valence-corrected chi connectivity index (χ4v) is 2.19. The van der Waals surface area contributed by atoms with Crippen molar-refractivity contribution in [3.63, 3.8) is 0 Å². The van der Waals surface area contributed by atoms with Crippen LogP contribution in [0.15, 0.2) is 28.8 Å². The van der Waals surface area contributed by atoms with E-state index in [2.05, 4.69) is 21.2 Å². The first-order valence-electron chi connectivity index (χ1n) is 5.14. The smallest absolute Gasteiger partial charge is 0.248 e. The Kier molecular flexibility index (Phi) is 5.51. The molecule has 0 saturated heterocycles. The second-order valence-electron chi connectivity index (χ2n) is 3.19. The lowest BCUT2D eigenvalue weighted by Crippen LogP contribution is -2.09. The van der Waals surface area contributed by atoms with Crippen LogP contribution in [0.2, 0.25) is 5.02 Å². The third-order valence-corrected chi connectivity index (χ3v) is 2.68. The molecule has 1 N–H and O–H groups in total. The van der Waals surface area contributed by atoms with Crippen molar-refractivity contribution in [2.45, 2.75) is 13.8 Å². The van der Waals surface area contributed by atoms with Crippen LogP contribution in [0.5, 0.6) is 5.75 Å². The second kappa shape index (κ2) is 6.67. The Morgan fingerprint density at radius 3 is 2.88 bits per heavy atom. The predicted octanol–water partition coefficient (Wildman–Crippen LogP) is 4.02. The molecular weight excluding hydrogens is 305 g/mol. The van der Waals surface area contributed by atoms with Gasteiger partial charge in [0.2, 0.25) is 5.91 Å². The van der Waals surface area contributed by atoms with Crippen LogP contribution in [-0.2, 0) is 4.79 Å². The number of hydrogen-bond acceptors (Lipinski definition) is 2. The van der Waals surface area contributed by atoms with Crippen molar-refractivity contribution in [2.24, 2.45) is 0 Å². The number of allylic oxidation sites excluding steroid dienone is 1. The first kappa shape index (κ1) is 14.1. The van der Waals surface area contributed by atoms with Crippen molar-refractivity contribution in [2.75, 3.05) is 11.9 Å². The van der Waals surface area contributed by atoms with Gasteiger partial charge in [-0.15, -0.1) is 0 Å². The van der Waals surface area contributed by atoms with Crippen LogP contribution in [0.1, 0.15) is 13.8 Å². The fourth-order valence-electron chi connectivity index (χ4n) is 1.27. The number of rotatable bonds is 4. The molecule has 0 aliphatic carbocycles. The first-order chi connectivity index (χ1) is 8.08. The van der Waals surface area contributed by atoms with Crippen LogP contribution < -0.4 is 10.1 Å². The molecule has 5 heteroatoms. The third-order valence-electron chi connectivity index (χ3n) is 1.87. The molecular formula is C12H13BrClNO2. The molecule has 0 fully saturated rings. The minimum absolute atomic E-state index is 0.220. The SMILES string of the molecule is CC=CC(=O)Nc1cc(Cl)cc(Br)c1OCC. The van der Waals surface area contributed by atoms with Gasteiger partial charge in [0.1, 0.15) is 0 Å². The summed E-state index contributed by atoms with van der Waals surface area (Å²) in [6.07, 6.45) is 3.10. The third kappa shape index (κ3) is 4.06. The summed E-state index contributed by atoms with van der Waals surface area (Å²) in [5, 5.41) is 3.24. The zero-order valence-corrected chi connectivity index (χ0v) is 11.9. The predicted molar refractivity (Wildman–Crippen MR) is 73.8 cm³/mol. The van der Waals surface area contributed by atoms with Crippen LogP contribution >= 0.6 is 27.5 Å². The maximum absolute atomic E-state index is 11.5. The van der Waals surface area contributed by atoms with E-state index in [4.69, 9.17) is 16.3 Å².